The van der Waals surface area contributed by atoms with Crippen molar-refractivity contribution in [3.05, 3.63) is 11.8 Å². The van der Waals surface area contributed by atoms with Gasteiger partial charge in [-0.2, -0.15) is 4.98 Å². The number of ether oxygens (including phenoxy) is 4. The van der Waals surface area contributed by atoms with Crippen LogP contribution < -0.4 is 15.1 Å². The van der Waals surface area contributed by atoms with Gasteiger partial charge in [-0.1, -0.05) is 26.7 Å². The van der Waals surface area contributed by atoms with Crippen LogP contribution in [-0.2, 0) is 28.5 Å². The lowest BCUT2D eigenvalue weighted by molar-refractivity contribution is -0.206. The lowest BCUT2D eigenvalue weighted by atomic mass is 9.84. The smallest absolute Gasteiger partial charge is 0.410 e. The van der Waals surface area contributed by atoms with Crippen molar-refractivity contribution in [1.82, 2.24) is 20.2 Å². The van der Waals surface area contributed by atoms with E-state index in [9.17, 15) is 19.2 Å². The summed E-state index contributed by atoms with van der Waals surface area (Å²) >= 11 is 0. The van der Waals surface area contributed by atoms with Gasteiger partial charge in [0.2, 0.25) is 12.4 Å². The number of anilines is 2. The molecule has 2 aliphatic heterocycles. The van der Waals surface area contributed by atoms with E-state index in [1.54, 1.807) is 0 Å². The maximum absolute atomic E-state index is 13.5. The molecule has 1 aromatic heterocycles. The zero-order valence-electron chi connectivity index (χ0n) is 34.1. The van der Waals surface area contributed by atoms with Gasteiger partial charge in [-0.15, -0.1) is 0 Å². The quantitative estimate of drug-likeness (QED) is 0.135. The Balaban J connectivity index is 0.000000453. The largest absolute Gasteiger partial charge is 0.444 e. The van der Waals surface area contributed by atoms with Gasteiger partial charge in [0.15, 0.2) is 11.6 Å². The second kappa shape index (κ2) is 19.0. The van der Waals surface area contributed by atoms with E-state index in [4.69, 9.17) is 28.9 Å². The van der Waals surface area contributed by atoms with Gasteiger partial charge in [-0.3, -0.25) is 14.5 Å². The van der Waals surface area contributed by atoms with Crippen LogP contribution in [0.4, 0.5) is 16.6 Å². The fourth-order valence-corrected chi connectivity index (χ4v) is 7.36. The minimum Gasteiger partial charge on any atom is -0.444 e. The van der Waals surface area contributed by atoms with Gasteiger partial charge < -0.3 is 38.9 Å². The maximum Gasteiger partial charge on any atom is 0.410 e. The normalized spacial score (nSPS) is 20.9. The average molecular weight is 759 g/mol. The van der Waals surface area contributed by atoms with Crippen LogP contribution in [0.2, 0.25) is 0 Å². The number of carbonyl (C=O) groups is 4. The molecule has 304 valence electrons. The summed E-state index contributed by atoms with van der Waals surface area (Å²) < 4.78 is 22.7. The Morgan fingerprint density at radius 1 is 1.04 bits per heavy atom. The number of carbonyl (C=O) groups excluding carboxylic acids is 4. The van der Waals surface area contributed by atoms with Gasteiger partial charge in [0.1, 0.15) is 23.4 Å². The molecule has 4 fully saturated rings. The molecule has 2 spiro atoms. The Morgan fingerprint density at radius 2 is 1.76 bits per heavy atom. The summed E-state index contributed by atoms with van der Waals surface area (Å²) in [5.74, 6) is 0.421. The molecule has 2 aliphatic carbocycles. The molecule has 0 radical (unpaired) electrons. The predicted octanol–water partition coefficient (Wildman–Crippen LogP) is 5.56. The first-order valence-corrected chi connectivity index (χ1v) is 20.0. The fraction of sp³-hybridized carbons (Fsp3) is 0.800. The van der Waals surface area contributed by atoms with Gasteiger partial charge in [-0.05, 0) is 80.1 Å². The minimum absolute atomic E-state index is 0.00249. The highest BCUT2D eigenvalue weighted by Gasteiger charge is 2.54. The van der Waals surface area contributed by atoms with Gasteiger partial charge in [-0.25, -0.2) is 9.78 Å². The van der Waals surface area contributed by atoms with E-state index < -0.39 is 11.4 Å². The predicted molar refractivity (Wildman–Crippen MR) is 207 cm³/mol. The Morgan fingerprint density at radius 3 is 2.37 bits per heavy atom. The number of Topliss-reactive ketones (excluding diaryl/α,β-unsaturated/α-hetero) is 1. The topological polar surface area (TPSA) is 153 Å². The van der Waals surface area contributed by atoms with Crippen molar-refractivity contribution in [2.75, 3.05) is 68.9 Å². The van der Waals surface area contributed by atoms with E-state index in [0.717, 1.165) is 64.1 Å². The van der Waals surface area contributed by atoms with Crippen LogP contribution >= 0.6 is 0 Å². The number of hydrogen-bond acceptors (Lipinski definition) is 12. The third-order valence-corrected chi connectivity index (χ3v) is 10.3. The van der Waals surface area contributed by atoms with Crippen LogP contribution in [0, 0.1) is 11.8 Å². The van der Waals surface area contributed by atoms with Crippen LogP contribution in [0.15, 0.2) is 6.07 Å². The van der Waals surface area contributed by atoms with Crippen molar-refractivity contribution in [2.24, 2.45) is 11.8 Å². The number of piperazine rings is 1. The van der Waals surface area contributed by atoms with E-state index in [2.05, 4.69) is 17.1 Å². The van der Waals surface area contributed by atoms with Crippen LogP contribution in [0.3, 0.4) is 0 Å². The number of ketones is 1. The van der Waals surface area contributed by atoms with E-state index >= 15 is 0 Å². The summed E-state index contributed by atoms with van der Waals surface area (Å²) in [6, 6.07) is 1.81. The average Bonchev–Trinajstić information content (AvgIpc) is 3.72. The zero-order valence-corrected chi connectivity index (χ0v) is 34.1. The van der Waals surface area contributed by atoms with E-state index in [1.807, 2.05) is 64.3 Å². The molecule has 1 N–H and O–H groups in total. The number of aldehydes is 1. The molecule has 0 aromatic carbocycles. The van der Waals surface area contributed by atoms with Crippen molar-refractivity contribution in [1.29, 1.82) is 0 Å². The van der Waals surface area contributed by atoms with Crippen molar-refractivity contribution in [2.45, 2.75) is 136 Å². The highest BCUT2D eigenvalue weighted by molar-refractivity contribution is 5.96. The highest BCUT2D eigenvalue weighted by atomic mass is 16.7. The second-order valence-corrected chi connectivity index (χ2v) is 17.1. The molecule has 2 amide bonds. The molecular weight excluding hydrogens is 692 g/mol. The number of amides is 2. The first-order chi connectivity index (χ1) is 25.5. The number of nitrogens with zero attached hydrogens (tertiary/aromatic N) is 5. The Kier molecular flexibility index (Phi) is 15.3. The first kappa shape index (κ1) is 43.4. The number of aromatic nitrogens is 2. The third kappa shape index (κ3) is 12.1. The van der Waals surface area contributed by atoms with E-state index in [-0.39, 0.29) is 34.9 Å². The van der Waals surface area contributed by atoms with Crippen molar-refractivity contribution >= 4 is 36.3 Å². The highest BCUT2D eigenvalue weighted by Crippen LogP contribution is 2.46. The molecule has 54 heavy (non-hydrogen) atoms. The summed E-state index contributed by atoms with van der Waals surface area (Å²) in [6.07, 6.45) is 9.66. The molecule has 14 heteroatoms. The summed E-state index contributed by atoms with van der Waals surface area (Å²) in [4.78, 5) is 64.1. The monoisotopic (exact) mass is 758 g/mol. The fourth-order valence-electron chi connectivity index (χ4n) is 7.36. The minimum atomic E-state index is -0.559. The zero-order chi connectivity index (χ0) is 39.6. The van der Waals surface area contributed by atoms with Crippen LogP contribution in [0.25, 0.3) is 0 Å². The number of rotatable bonds is 15. The standard InChI is InChI=1S/C31H52N6O5.C9H14O3/c1-9-11-23(2)26(39)24-20-25(36-17-18-37(31(21-36)12-13-31)28(40)42-30(6,7)8)34-27(33-24)35(16-14-32-22-38)15-10-19-41-29(3,4)5;10-7-8-3-1-2-4-9(8)11-5-6-12-9/h20,22-23H,9-19,21H2,1-8H3,(H,32,38);7-8H,1-6H2/t;8-/m.1/s1. The molecule has 3 heterocycles. The van der Waals surface area contributed by atoms with Gasteiger partial charge in [0.25, 0.3) is 0 Å². The molecule has 4 aliphatic rings. The molecule has 14 nitrogen and oxygen atoms in total. The van der Waals surface area contributed by atoms with Crippen LogP contribution in [0.1, 0.15) is 124 Å². The lowest BCUT2D eigenvalue weighted by Gasteiger charge is -2.43. The first-order valence-electron chi connectivity index (χ1n) is 20.0. The molecule has 2 saturated heterocycles. The molecule has 5 rings (SSSR count). The van der Waals surface area contributed by atoms with E-state index in [1.165, 1.54) is 0 Å². The molecular formula is C40H66N6O8. The summed E-state index contributed by atoms with van der Waals surface area (Å²) in [7, 11) is 0. The van der Waals surface area contributed by atoms with Crippen molar-refractivity contribution < 1.29 is 38.1 Å². The van der Waals surface area contributed by atoms with Gasteiger partial charge in [0, 0.05) is 64.3 Å². The molecule has 1 unspecified atom stereocenters. The van der Waals surface area contributed by atoms with E-state index in [0.29, 0.717) is 83.0 Å². The third-order valence-electron chi connectivity index (χ3n) is 10.3. The van der Waals surface area contributed by atoms with Crippen LogP contribution in [-0.4, -0.2) is 121 Å². The van der Waals surface area contributed by atoms with Crippen LogP contribution in [0.5, 0.6) is 0 Å². The Labute approximate surface area is 322 Å². The van der Waals surface area contributed by atoms with Crippen molar-refractivity contribution in [3.63, 3.8) is 0 Å². The summed E-state index contributed by atoms with van der Waals surface area (Å²) in [5.41, 5.74) is -0.690. The van der Waals surface area contributed by atoms with Gasteiger partial charge in [0.05, 0.1) is 30.3 Å². The SMILES string of the molecule is CCCC(C)C(=O)c1cc(N2CCN(C(=O)OC(C)(C)C)C3(CC3)C2)nc(N(CCCOC(C)(C)C)CCNC=O)n1.O=C[C@H]1CCCCC12OCCO2. The molecule has 2 atom stereocenters. The number of hydrogen-bond donors (Lipinski definition) is 1. The molecule has 0 bridgehead atoms. The maximum atomic E-state index is 13.5. The molecule has 2 saturated carbocycles. The Bertz CT molecular complexity index is 1400. The van der Waals surface area contributed by atoms with Crippen molar-refractivity contribution in [3.8, 4) is 0 Å². The Hall–Kier alpha value is -3.36. The second-order valence-electron chi connectivity index (χ2n) is 17.1. The molecule has 1 aromatic rings. The lowest BCUT2D eigenvalue weighted by Crippen LogP contribution is -2.58. The summed E-state index contributed by atoms with van der Waals surface area (Å²) in [5, 5.41) is 2.73. The number of nitrogens with one attached hydrogen (secondary N) is 1. The summed E-state index contributed by atoms with van der Waals surface area (Å²) in [6.45, 7) is 20.8. The van der Waals surface area contributed by atoms with Gasteiger partial charge >= 0.3 is 6.09 Å².